The van der Waals surface area contributed by atoms with Crippen LogP contribution in [0.3, 0.4) is 0 Å². The highest BCUT2D eigenvalue weighted by molar-refractivity contribution is 7.26. The average Bonchev–Trinajstić information content (AvgIpc) is 3.66. The van der Waals surface area contributed by atoms with E-state index in [1.807, 2.05) is 23.5 Å². The molecule has 0 bridgehead atoms. The number of hydrogen-bond acceptors (Lipinski definition) is 3. The van der Waals surface area contributed by atoms with Crippen LogP contribution in [0.5, 0.6) is 0 Å². The maximum absolute atomic E-state index is 6.31. The number of fused-ring (bicyclic) bond motifs is 11. The van der Waals surface area contributed by atoms with Crippen LogP contribution >= 0.6 is 11.3 Å². The van der Waals surface area contributed by atoms with E-state index in [-0.39, 0.29) is 0 Å². The molecule has 0 aliphatic heterocycles. The van der Waals surface area contributed by atoms with Gasteiger partial charge in [-0.3, -0.25) is 0 Å². The van der Waals surface area contributed by atoms with E-state index in [1.54, 1.807) is 0 Å². The minimum Gasteiger partial charge on any atom is -0.456 e. The van der Waals surface area contributed by atoms with Gasteiger partial charge in [0.1, 0.15) is 11.2 Å². The largest absolute Gasteiger partial charge is 0.456 e. The summed E-state index contributed by atoms with van der Waals surface area (Å²) >= 11 is 1.85. The third-order valence-corrected chi connectivity index (χ3v) is 10.2. The molecule has 0 N–H and O–H groups in total. The summed E-state index contributed by atoms with van der Waals surface area (Å²) in [4.78, 5) is 5.49. The lowest BCUT2D eigenvalue weighted by molar-refractivity contribution is 0.669. The zero-order valence-electron chi connectivity index (χ0n) is 23.5. The van der Waals surface area contributed by atoms with E-state index in [9.17, 15) is 0 Å². The van der Waals surface area contributed by atoms with Crippen LogP contribution in [0.2, 0.25) is 0 Å². The Morgan fingerprint density at radius 3 is 2.05 bits per heavy atom. The average molecular weight is 578 g/mol. The zero-order valence-corrected chi connectivity index (χ0v) is 24.4. The normalized spacial score (nSPS) is 12.1. The second-order valence-electron chi connectivity index (χ2n) is 11.5. The molecule has 0 aliphatic carbocycles. The first-order valence-corrected chi connectivity index (χ1v) is 15.7. The fourth-order valence-electron chi connectivity index (χ4n) is 7.03. The molecule has 3 heteroatoms. The summed E-state index contributed by atoms with van der Waals surface area (Å²) in [7, 11) is 0. The van der Waals surface area contributed by atoms with Gasteiger partial charge in [0.15, 0.2) is 0 Å². The van der Waals surface area contributed by atoms with Crippen molar-refractivity contribution in [3.63, 3.8) is 0 Å². The predicted octanol–water partition coefficient (Wildman–Crippen LogP) is 12.1. The summed E-state index contributed by atoms with van der Waals surface area (Å²) in [5.74, 6) is 0. The molecule has 3 heterocycles. The highest BCUT2D eigenvalue weighted by Crippen LogP contribution is 2.45. The van der Waals surface area contributed by atoms with Gasteiger partial charge in [-0.15, -0.1) is 11.3 Å². The molecule has 0 amide bonds. The van der Waals surface area contributed by atoms with Crippen LogP contribution in [-0.2, 0) is 0 Å². The lowest BCUT2D eigenvalue weighted by atomic mass is 9.92. The van der Waals surface area contributed by atoms with Crippen molar-refractivity contribution in [1.29, 1.82) is 0 Å². The topological polar surface area (TPSA) is 26.0 Å². The molecule has 0 saturated heterocycles. The van der Waals surface area contributed by atoms with Gasteiger partial charge >= 0.3 is 0 Å². The predicted molar refractivity (Wildman–Crippen MR) is 188 cm³/mol. The van der Waals surface area contributed by atoms with Gasteiger partial charge in [-0.1, -0.05) is 103 Å². The number of rotatable bonds is 2. The van der Waals surface area contributed by atoms with Crippen LogP contribution in [0.1, 0.15) is 0 Å². The van der Waals surface area contributed by atoms with Crippen LogP contribution in [0.4, 0.5) is 0 Å². The van der Waals surface area contributed by atoms with Gasteiger partial charge in [0.25, 0.3) is 0 Å². The molecule has 44 heavy (non-hydrogen) atoms. The first kappa shape index (κ1) is 24.0. The van der Waals surface area contributed by atoms with Gasteiger partial charge in [-0.25, -0.2) is 4.98 Å². The second kappa shape index (κ2) is 9.00. The number of hydrogen-bond donors (Lipinski definition) is 0. The van der Waals surface area contributed by atoms with Crippen molar-refractivity contribution < 1.29 is 4.42 Å². The molecule has 0 radical (unpaired) electrons. The lowest BCUT2D eigenvalue weighted by Gasteiger charge is -2.14. The van der Waals surface area contributed by atoms with E-state index in [2.05, 4.69) is 127 Å². The molecule has 204 valence electrons. The van der Waals surface area contributed by atoms with Gasteiger partial charge in [0.2, 0.25) is 0 Å². The molecule has 10 aromatic rings. The standard InChI is InChI=1S/C41H23NOS/c1-3-11-27-24(8-1)10-7-14-29(27)33-23-34(26-16-18-31-30-13-5-6-15-35(30)43-36(31)22-26)42-41-32(33)19-21-38-40(41)39-28-12-4-2-9-25(28)17-20-37(39)44-38/h1-23H. The second-order valence-corrected chi connectivity index (χ2v) is 12.6. The van der Waals surface area contributed by atoms with E-state index >= 15 is 0 Å². The number of pyridine rings is 1. The smallest absolute Gasteiger partial charge is 0.136 e. The van der Waals surface area contributed by atoms with Crippen molar-refractivity contribution in [2.75, 3.05) is 0 Å². The molecular weight excluding hydrogens is 555 g/mol. The number of benzene rings is 7. The molecule has 7 aromatic carbocycles. The Balaban J connectivity index is 1.36. The minimum absolute atomic E-state index is 0.877. The van der Waals surface area contributed by atoms with Crippen LogP contribution < -0.4 is 0 Å². The number of thiophene rings is 1. The maximum atomic E-state index is 6.31. The van der Waals surface area contributed by atoms with Crippen molar-refractivity contribution in [2.45, 2.75) is 0 Å². The van der Waals surface area contributed by atoms with Gasteiger partial charge in [0.05, 0.1) is 11.2 Å². The van der Waals surface area contributed by atoms with Gasteiger partial charge in [-0.05, 0) is 69.1 Å². The van der Waals surface area contributed by atoms with Crippen molar-refractivity contribution >= 4 is 85.9 Å². The van der Waals surface area contributed by atoms with Crippen LogP contribution in [0.15, 0.2) is 144 Å². The molecule has 0 spiro atoms. The molecule has 3 aromatic heterocycles. The molecule has 2 nitrogen and oxygen atoms in total. The minimum atomic E-state index is 0.877. The van der Waals surface area contributed by atoms with Gasteiger partial charge in [0, 0.05) is 41.9 Å². The molecule has 0 fully saturated rings. The summed E-state index contributed by atoms with van der Waals surface area (Å²) < 4.78 is 8.85. The van der Waals surface area contributed by atoms with E-state index in [0.717, 1.165) is 44.1 Å². The first-order valence-electron chi connectivity index (χ1n) is 14.9. The number of aromatic nitrogens is 1. The Morgan fingerprint density at radius 2 is 1.14 bits per heavy atom. The number of furan rings is 1. The van der Waals surface area contributed by atoms with Crippen LogP contribution in [0.25, 0.3) is 96.9 Å². The van der Waals surface area contributed by atoms with E-state index in [4.69, 9.17) is 9.40 Å². The van der Waals surface area contributed by atoms with E-state index in [1.165, 1.54) is 52.8 Å². The van der Waals surface area contributed by atoms with Gasteiger partial charge in [-0.2, -0.15) is 0 Å². The van der Waals surface area contributed by atoms with Crippen molar-refractivity contribution in [3.8, 4) is 22.4 Å². The monoisotopic (exact) mass is 577 g/mol. The lowest BCUT2D eigenvalue weighted by Crippen LogP contribution is -1.92. The molecule has 0 aliphatic rings. The quantitative estimate of drug-likeness (QED) is 0.204. The summed E-state index contributed by atoms with van der Waals surface area (Å²) in [5, 5.41) is 10.9. The van der Waals surface area contributed by atoms with Crippen LogP contribution in [0, 0.1) is 0 Å². The Bertz CT molecular complexity index is 2780. The molecule has 10 rings (SSSR count). The summed E-state index contributed by atoms with van der Waals surface area (Å²) in [5.41, 5.74) is 7.20. The highest BCUT2D eigenvalue weighted by Gasteiger charge is 2.18. The van der Waals surface area contributed by atoms with E-state index in [0.29, 0.717) is 0 Å². The SMILES string of the molecule is c1ccc2c(-c3cc(-c4ccc5c(c4)oc4ccccc45)nc4c3ccc3sc5ccc6ccccc6c5c34)cccc2c1. The molecular formula is C41H23NOS. The van der Waals surface area contributed by atoms with Crippen molar-refractivity contribution in [2.24, 2.45) is 0 Å². The van der Waals surface area contributed by atoms with E-state index < -0.39 is 0 Å². The zero-order chi connectivity index (χ0) is 28.8. The third-order valence-electron chi connectivity index (χ3n) is 9.06. The highest BCUT2D eigenvalue weighted by atomic mass is 32.1. The van der Waals surface area contributed by atoms with Crippen LogP contribution in [-0.4, -0.2) is 4.98 Å². The fraction of sp³-hybridized carbons (Fsp3) is 0. The summed E-state index contributed by atoms with van der Waals surface area (Å²) in [6.07, 6.45) is 0. The first-order chi connectivity index (χ1) is 21.8. The van der Waals surface area contributed by atoms with Crippen molar-refractivity contribution in [3.05, 3.63) is 140 Å². The molecule has 0 atom stereocenters. The molecule has 0 unspecified atom stereocenters. The number of nitrogens with zero attached hydrogens (tertiary/aromatic N) is 1. The Hall–Kier alpha value is -5.51. The Morgan fingerprint density at radius 1 is 0.455 bits per heavy atom. The Labute approximate surface area is 256 Å². The van der Waals surface area contributed by atoms with Crippen molar-refractivity contribution in [1.82, 2.24) is 4.98 Å². The fourth-order valence-corrected chi connectivity index (χ4v) is 8.15. The Kier molecular flexibility index (Phi) is 4.90. The third kappa shape index (κ3) is 3.39. The maximum Gasteiger partial charge on any atom is 0.136 e. The van der Waals surface area contributed by atoms with Gasteiger partial charge < -0.3 is 4.42 Å². The summed E-state index contributed by atoms with van der Waals surface area (Å²) in [6.45, 7) is 0. The molecule has 0 saturated carbocycles. The number of para-hydroxylation sites is 1. The summed E-state index contributed by atoms with van der Waals surface area (Å²) in [6, 6.07) is 50.0.